The van der Waals surface area contributed by atoms with Crippen molar-refractivity contribution in [3.63, 3.8) is 0 Å². The summed E-state index contributed by atoms with van der Waals surface area (Å²) in [6.45, 7) is 1.99. The number of fused-ring (bicyclic) bond motifs is 1. The Balaban J connectivity index is 1.87. The second-order valence-electron chi connectivity index (χ2n) is 5.57. The fourth-order valence-electron chi connectivity index (χ4n) is 2.92. The summed E-state index contributed by atoms with van der Waals surface area (Å²) in [6, 6.07) is 9.51. The Bertz CT molecular complexity index is 648. The highest BCUT2D eigenvalue weighted by Crippen LogP contribution is 2.26. The third kappa shape index (κ3) is 3.05. The molecule has 1 atom stereocenters. The second-order valence-corrected chi connectivity index (χ2v) is 5.57. The van der Waals surface area contributed by atoms with E-state index in [1.54, 1.807) is 13.2 Å². The van der Waals surface area contributed by atoms with Crippen LogP contribution in [0.5, 0.6) is 5.75 Å². The van der Waals surface area contributed by atoms with E-state index in [0.717, 1.165) is 36.8 Å². The maximum Gasteiger partial charge on any atom is 0.181 e. The van der Waals surface area contributed by atoms with Crippen molar-refractivity contribution in [2.75, 3.05) is 20.2 Å². The first-order valence-electron chi connectivity index (χ1n) is 7.45. The molecule has 3 rings (SSSR count). The van der Waals surface area contributed by atoms with Gasteiger partial charge in [0.25, 0.3) is 0 Å². The molecule has 110 valence electrons. The van der Waals surface area contributed by atoms with E-state index in [1.807, 2.05) is 24.3 Å². The largest absolute Gasteiger partial charge is 0.496 e. The van der Waals surface area contributed by atoms with Gasteiger partial charge in [-0.3, -0.25) is 4.79 Å². The topological polar surface area (TPSA) is 51.2 Å². The van der Waals surface area contributed by atoms with Crippen LogP contribution in [0, 0.1) is 5.92 Å². The number of hydrogen-bond donors (Lipinski definition) is 1. The van der Waals surface area contributed by atoms with E-state index in [0.29, 0.717) is 23.8 Å². The minimum atomic E-state index is 0.104. The lowest BCUT2D eigenvalue weighted by Crippen LogP contribution is -2.31. The molecule has 0 spiro atoms. The van der Waals surface area contributed by atoms with Gasteiger partial charge >= 0.3 is 0 Å². The zero-order valence-corrected chi connectivity index (χ0v) is 12.3. The van der Waals surface area contributed by atoms with Crippen LogP contribution in [0.15, 0.2) is 30.3 Å². The highest BCUT2D eigenvalue weighted by Gasteiger charge is 2.19. The molecule has 1 aliphatic rings. The van der Waals surface area contributed by atoms with E-state index in [1.165, 1.54) is 0 Å². The Morgan fingerprint density at radius 3 is 3.05 bits per heavy atom. The average Bonchev–Trinajstić information content (AvgIpc) is 2.54. The van der Waals surface area contributed by atoms with Gasteiger partial charge in [-0.05, 0) is 44.0 Å². The molecule has 0 amide bonds. The van der Waals surface area contributed by atoms with Crippen molar-refractivity contribution in [2.24, 2.45) is 5.92 Å². The fourth-order valence-corrected chi connectivity index (χ4v) is 2.92. The highest BCUT2D eigenvalue weighted by molar-refractivity contribution is 5.98. The van der Waals surface area contributed by atoms with Crippen molar-refractivity contribution in [1.29, 1.82) is 0 Å². The number of nitrogens with one attached hydrogen (secondary N) is 1. The predicted octanol–water partition coefficient (Wildman–Crippen LogP) is 2.82. The lowest BCUT2D eigenvalue weighted by atomic mass is 9.93. The first-order chi connectivity index (χ1) is 10.3. The minimum Gasteiger partial charge on any atom is -0.496 e. The molecule has 0 radical (unpaired) electrons. The average molecular weight is 284 g/mol. The first-order valence-corrected chi connectivity index (χ1v) is 7.45. The van der Waals surface area contributed by atoms with Crippen LogP contribution in [0.25, 0.3) is 10.9 Å². The van der Waals surface area contributed by atoms with Crippen LogP contribution in [0.4, 0.5) is 0 Å². The van der Waals surface area contributed by atoms with E-state index in [2.05, 4.69) is 10.3 Å². The maximum atomic E-state index is 12.5. The van der Waals surface area contributed by atoms with Crippen LogP contribution in [0.2, 0.25) is 0 Å². The van der Waals surface area contributed by atoms with Gasteiger partial charge in [-0.1, -0.05) is 12.1 Å². The summed E-state index contributed by atoms with van der Waals surface area (Å²) in [5, 5.41) is 4.29. The number of ketones is 1. The standard InChI is InChI=1S/C17H20N2O2/c1-21-17-10-15(19-14-7-3-2-6-13(14)17)16(20)9-12-5-4-8-18-11-12/h2-3,6-7,10,12,18H,4-5,8-9,11H2,1H3. The summed E-state index contributed by atoms with van der Waals surface area (Å²) in [4.78, 5) is 17.0. The third-order valence-electron chi connectivity index (χ3n) is 4.06. The smallest absolute Gasteiger partial charge is 0.181 e. The van der Waals surface area contributed by atoms with E-state index in [-0.39, 0.29) is 5.78 Å². The number of carbonyl (C=O) groups excluding carboxylic acids is 1. The molecule has 4 heteroatoms. The van der Waals surface area contributed by atoms with E-state index in [9.17, 15) is 4.79 Å². The van der Waals surface area contributed by atoms with Crippen LogP contribution in [0.1, 0.15) is 29.8 Å². The van der Waals surface area contributed by atoms with Crippen LogP contribution >= 0.6 is 0 Å². The molecule has 1 aliphatic heterocycles. The van der Waals surface area contributed by atoms with Gasteiger partial charge in [0.15, 0.2) is 5.78 Å². The molecule has 1 aromatic carbocycles. The molecule has 21 heavy (non-hydrogen) atoms. The number of ether oxygens (including phenoxy) is 1. The molecule has 1 saturated heterocycles. The number of pyridine rings is 1. The quantitative estimate of drug-likeness (QED) is 0.877. The lowest BCUT2D eigenvalue weighted by Gasteiger charge is -2.21. The summed E-state index contributed by atoms with van der Waals surface area (Å²) in [5.41, 5.74) is 1.32. The summed E-state index contributed by atoms with van der Waals surface area (Å²) in [6.07, 6.45) is 2.82. The van der Waals surface area contributed by atoms with E-state index in [4.69, 9.17) is 4.74 Å². The molecule has 2 aromatic rings. The van der Waals surface area contributed by atoms with Gasteiger partial charge in [0.05, 0.1) is 12.6 Å². The van der Waals surface area contributed by atoms with Crippen LogP contribution in [-0.4, -0.2) is 31.0 Å². The predicted molar refractivity (Wildman–Crippen MR) is 82.8 cm³/mol. The number of nitrogens with zero attached hydrogens (tertiary/aromatic N) is 1. The highest BCUT2D eigenvalue weighted by atomic mass is 16.5. The van der Waals surface area contributed by atoms with Crippen LogP contribution < -0.4 is 10.1 Å². The molecule has 0 saturated carbocycles. The number of piperidine rings is 1. The number of hydrogen-bond acceptors (Lipinski definition) is 4. The number of Topliss-reactive ketones (excluding diaryl/α,β-unsaturated/α-hetero) is 1. The van der Waals surface area contributed by atoms with Crippen molar-refractivity contribution >= 4 is 16.7 Å². The number of benzene rings is 1. The number of methoxy groups -OCH3 is 1. The van der Waals surface area contributed by atoms with Gasteiger partial charge in [-0.25, -0.2) is 4.98 Å². The fraction of sp³-hybridized carbons (Fsp3) is 0.412. The Morgan fingerprint density at radius 1 is 1.43 bits per heavy atom. The zero-order chi connectivity index (χ0) is 14.7. The summed E-state index contributed by atoms with van der Waals surface area (Å²) < 4.78 is 5.40. The van der Waals surface area contributed by atoms with Crippen molar-refractivity contribution in [3.8, 4) is 5.75 Å². The summed E-state index contributed by atoms with van der Waals surface area (Å²) >= 11 is 0. The van der Waals surface area contributed by atoms with Gasteiger partial charge in [0.2, 0.25) is 0 Å². The molecule has 4 nitrogen and oxygen atoms in total. The van der Waals surface area contributed by atoms with Gasteiger partial charge in [0, 0.05) is 17.9 Å². The Labute approximate surface area is 124 Å². The van der Waals surface area contributed by atoms with E-state index < -0.39 is 0 Å². The monoisotopic (exact) mass is 284 g/mol. The lowest BCUT2D eigenvalue weighted by molar-refractivity contribution is 0.0949. The first kappa shape index (κ1) is 14.0. The van der Waals surface area contributed by atoms with Crippen molar-refractivity contribution in [1.82, 2.24) is 10.3 Å². The third-order valence-corrected chi connectivity index (χ3v) is 4.06. The molecule has 0 aliphatic carbocycles. The second kappa shape index (κ2) is 6.22. The van der Waals surface area contributed by atoms with Crippen LogP contribution in [0.3, 0.4) is 0 Å². The van der Waals surface area contributed by atoms with Gasteiger partial charge in [0.1, 0.15) is 11.4 Å². The van der Waals surface area contributed by atoms with Gasteiger partial charge in [-0.15, -0.1) is 0 Å². The normalized spacial score (nSPS) is 18.6. The number of aromatic nitrogens is 1. The van der Waals surface area contributed by atoms with Crippen molar-refractivity contribution in [3.05, 3.63) is 36.0 Å². The molecular weight excluding hydrogens is 264 g/mol. The molecule has 2 heterocycles. The Morgan fingerprint density at radius 2 is 2.29 bits per heavy atom. The number of rotatable bonds is 4. The van der Waals surface area contributed by atoms with E-state index >= 15 is 0 Å². The molecule has 1 aromatic heterocycles. The summed E-state index contributed by atoms with van der Waals surface area (Å²) in [7, 11) is 1.63. The van der Waals surface area contributed by atoms with Crippen molar-refractivity contribution < 1.29 is 9.53 Å². The van der Waals surface area contributed by atoms with Gasteiger partial charge in [-0.2, -0.15) is 0 Å². The Hall–Kier alpha value is -1.94. The number of carbonyl (C=O) groups is 1. The zero-order valence-electron chi connectivity index (χ0n) is 12.3. The molecule has 1 unspecified atom stereocenters. The maximum absolute atomic E-state index is 12.5. The molecule has 1 N–H and O–H groups in total. The summed E-state index contributed by atoms with van der Waals surface area (Å²) in [5.74, 6) is 1.24. The van der Waals surface area contributed by atoms with Gasteiger partial charge < -0.3 is 10.1 Å². The van der Waals surface area contributed by atoms with Crippen molar-refractivity contribution in [2.45, 2.75) is 19.3 Å². The molecule has 0 bridgehead atoms. The number of para-hydroxylation sites is 1. The Kier molecular flexibility index (Phi) is 4.15. The SMILES string of the molecule is COc1cc(C(=O)CC2CCCNC2)nc2ccccc12. The molecular formula is C17H20N2O2. The molecule has 1 fully saturated rings. The minimum absolute atomic E-state index is 0.104. The van der Waals surface area contributed by atoms with Crippen LogP contribution in [-0.2, 0) is 0 Å².